The van der Waals surface area contributed by atoms with Crippen LogP contribution in [-0.2, 0) is 4.79 Å². The number of amides is 1. The first-order valence-corrected chi connectivity index (χ1v) is 6.90. The van der Waals surface area contributed by atoms with Crippen molar-refractivity contribution >= 4 is 16.9 Å². The van der Waals surface area contributed by atoms with Gasteiger partial charge in [-0.15, -0.1) is 5.10 Å². The minimum absolute atomic E-state index is 0.139. The second-order valence-corrected chi connectivity index (χ2v) is 4.90. The van der Waals surface area contributed by atoms with Crippen molar-refractivity contribution in [3.8, 4) is 5.75 Å². The second-order valence-electron chi connectivity index (χ2n) is 4.90. The van der Waals surface area contributed by atoms with Gasteiger partial charge in [0.25, 0.3) is 0 Å². The van der Waals surface area contributed by atoms with Crippen LogP contribution in [0.5, 0.6) is 5.75 Å². The summed E-state index contributed by atoms with van der Waals surface area (Å²) >= 11 is 0. The van der Waals surface area contributed by atoms with Crippen molar-refractivity contribution in [1.29, 1.82) is 0 Å². The number of fused-ring (bicyclic) bond motifs is 1. The number of rotatable bonds is 4. The van der Waals surface area contributed by atoms with E-state index in [1.807, 2.05) is 48.5 Å². The molecule has 1 heterocycles. The Labute approximate surface area is 127 Å². The Morgan fingerprint density at radius 1 is 1.18 bits per heavy atom. The molecule has 0 spiro atoms. The van der Waals surface area contributed by atoms with Gasteiger partial charge in [-0.3, -0.25) is 4.79 Å². The van der Waals surface area contributed by atoms with Gasteiger partial charge in [0.1, 0.15) is 11.3 Å². The van der Waals surface area contributed by atoms with Gasteiger partial charge in [-0.1, -0.05) is 29.5 Å². The van der Waals surface area contributed by atoms with E-state index in [-0.39, 0.29) is 5.91 Å². The Morgan fingerprint density at radius 3 is 2.59 bits per heavy atom. The van der Waals surface area contributed by atoms with Crippen molar-refractivity contribution in [1.82, 2.24) is 20.3 Å². The van der Waals surface area contributed by atoms with Crippen LogP contribution in [0.1, 0.15) is 18.7 Å². The Balaban J connectivity index is 2.07. The van der Waals surface area contributed by atoms with Gasteiger partial charge in [0.15, 0.2) is 6.17 Å². The average molecular weight is 296 g/mol. The fourth-order valence-corrected chi connectivity index (χ4v) is 2.34. The Hall–Kier alpha value is -2.89. The van der Waals surface area contributed by atoms with Crippen LogP contribution in [0.15, 0.2) is 48.5 Å². The highest BCUT2D eigenvalue weighted by molar-refractivity contribution is 5.76. The van der Waals surface area contributed by atoms with Crippen LogP contribution in [0.2, 0.25) is 0 Å². The SMILES string of the molecule is COc1ccc(C(NC(C)=O)n2nnc3ccccc32)cc1. The summed E-state index contributed by atoms with van der Waals surface area (Å²) in [6.07, 6.45) is -0.421. The molecule has 1 aromatic heterocycles. The molecule has 1 atom stereocenters. The van der Waals surface area contributed by atoms with E-state index in [9.17, 15) is 4.79 Å². The van der Waals surface area contributed by atoms with E-state index in [2.05, 4.69) is 15.6 Å². The number of hydrogen-bond acceptors (Lipinski definition) is 4. The molecule has 3 rings (SSSR count). The molecule has 22 heavy (non-hydrogen) atoms. The third-order valence-electron chi connectivity index (χ3n) is 3.39. The number of carbonyl (C=O) groups is 1. The van der Waals surface area contributed by atoms with Crippen LogP contribution >= 0.6 is 0 Å². The minimum Gasteiger partial charge on any atom is -0.497 e. The van der Waals surface area contributed by atoms with Crippen LogP contribution in [0.4, 0.5) is 0 Å². The molecule has 0 fully saturated rings. The highest BCUT2D eigenvalue weighted by Crippen LogP contribution is 2.22. The summed E-state index contributed by atoms with van der Waals surface area (Å²) < 4.78 is 6.88. The number of aromatic nitrogens is 3. The first-order valence-electron chi connectivity index (χ1n) is 6.90. The van der Waals surface area contributed by atoms with E-state index < -0.39 is 6.17 Å². The van der Waals surface area contributed by atoms with Crippen LogP contribution in [0.3, 0.4) is 0 Å². The van der Waals surface area contributed by atoms with Gasteiger partial charge in [-0.05, 0) is 29.8 Å². The summed E-state index contributed by atoms with van der Waals surface area (Å²) in [4.78, 5) is 11.6. The molecule has 0 saturated carbocycles. The maximum absolute atomic E-state index is 11.6. The summed E-state index contributed by atoms with van der Waals surface area (Å²) in [5.74, 6) is 0.620. The molecule has 0 saturated heterocycles. The van der Waals surface area contributed by atoms with Gasteiger partial charge in [0.2, 0.25) is 5.91 Å². The van der Waals surface area contributed by atoms with E-state index >= 15 is 0 Å². The lowest BCUT2D eigenvalue weighted by Gasteiger charge is -2.19. The Kier molecular flexibility index (Phi) is 3.74. The van der Waals surface area contributed by atoms with Crippen LogP contribution in [0.25, 0.3) is 11.0 Å². The summed E-state index contributed by atoms with van der Waals surface area (Å²) in [7, 11) is 1.62. The Morgan fingerprint density at radius 2 is 1.91 bits per heavy atom. The van der Waals surface area contributed by atoms with Crippen molar-refractivity contribution in [2.75, 3.05) is 7.11 Å². The summed E-state index contributed by atoms with van der Waals surface area (Å²) in [5.41, 5.74) is 2.54. The Bertz CT molecular complexity index is 795. The third kappa shape index (κ3) is 2.63. The van der Waals surface area contributed by atoms with Gasteiger partial charge in [0.05, 0.1) is 12.6 Å². The number of hydrogen-bond donors (Lipinski definition) is 1. The number of ether oxygens (including phenoxy) is 1. The van der Waals surface area contributed by atoms with Crippen LogP contribution in [0, 0.1) is 0 Å². The minimum atomic E-state index is -0.421. The first-order chi connectivity index (χ1) is 10.7. The lowest BCUT2D eigenvalue weighted by Crippen LogP contribution is -2.32. The topological polar surface area (TPSA) is 69.0 Å². The van der Waals surface area contributed by atoms with Gasteiger partial charge in [0, 0.05) is 6.92 Å². The number of nitrogens with one attached hydrogen (secondary N) is 1. The zero-order chi connectivity index (χ0) is 15.5. The maximum Gasteiger partial charge on any atom is 0.218 e. The molecule has 0 aliphatic carbocycles. The average Bonchev–Trinajstić information content (AvgIpc) is 2.96. The molecule has 3 aromatic rings. The van der Waals surface area contributed by atoms with Gasteiger partial charge in [-0.2, -0.15) is 0 Å². The number of carbonyl (C=O) groups excluding carboxylic acids is 1. The predicted molar refractivity (Wildman–Crippen MR) is 82.5 cm³/mol. The fraction of sp³-hybridized carbons (Fsp3) is 0.188. The van der Waals surface area contributed by atoms with Crippen molar-refractivity contribution in [3.63, 3.8) is 0 Å². The monoisotopic (exact) mass is 296 g/mol. The molecule has 1 amide bonds. The molecule has 1 unspecified atom stereocenters. The van der Waals surface area contributed by atoms with Gasteiger partial charge in [-0.25, -0.2) is 4.68 Å². The molecule has 0 aliphatic heterocycles. The van der Waals surface area contributed by atoms with Crippen LogP contribution < -0.4 is 10.1 Å². The van der Waals surface area contributed by atoms with Crippen molar-refractivity contribution in [2.45, 2.75) is 13.1 Å². The molecule has 0 aliphatic rings. The van der Waals surface area contributed by atoms with Crippen molar-refractivity contribution in [3.05, 3.63) is 54.1 Å². The lowest BCUT2D eigenvalue weighted by atomic mass is 10.1. The quantitative estimate of drug-likeness (QED) is 0.800. The largest absolute Gasteiger partial charge is 0.497 e. The number of para-hydroxylation sites is 1. The van der Waals surface area contributed by atoms with Gasteiger partial charge < -0.3 is 10.1 Å². The molecule has 6 heteroatoms. The number of methoxy groups -OCH3 is 1. The van der Waals surface area contributed by atoms with E-state index in [4.69, 9.17) is 4.74 Å². The van der Waals surface area contributed by atoms with Crippen molar-refractivity contribution in [2.24, 2.45) is 0 Å². The molecule has 1 N–H and O–H groups in total. The fourth-order valence-electron chi connectivity index (χ4n) is 2.34. The molecule has 6 nitrogen and oxygen atoms in total. The molecule has 112 valence electrons. The molecular formula is C16H16N4O2. The maximum atomic E-state index is 11.6. The molecule has 2 aromatic carbocycles. The smallest absolute Gasteiger partial charge is 0.218 e. The molecule has 0 bridgehead atoms. The van der Waals surface area contributed by atoms with E-state index in [0.717, 1.165) is 22.3 Å². The lowest BCUT2D eigenvalue weighted by molar-refractivity contribution is -0.119. The third-order valence-corrected chi connectivity index (χ3v) is 3.39. The first kappa shape index (κ1) is 14.1. The molecule has 0 radical (unpaired) electrons. The normalized spacial score (nSPS) is 12.1. The van der Waals surface area contributed by atoms with E-state index in [1.54, 1.807) is 11.8 Å². The standard InChI is InChI=1S/C16H16N4O2/c1-11(21)17-16(12-7-9-13(22-2)10-8-12)20-15-6-4-3-5-14(15)18-19-20/h3-10,16H,1-2H3,(H,17,21). The molecular weight excluding hydrogens is 280 g/mol. The number of benzene rings is 2. The summed E-state index contributed by atoms with van der Waals surface area (Å²) in [6.45, 7) is 1.48. The van der Waals surface area contributed by atoms with Crippen LogP contribution in [-0.4, -0.2) is 28.0 Å². The van der Waals surface area contributed by atoms with E-state index in [0.29, 0.717) is 0 Å². The predicted octanol–water partition coefficient (Wildman–Crippen LogP) is 2.12. The highest BCUT2D eigenvalue weighted by atomic mass is 16.5. The zero-order valence-corrected chi connectivity index (χ0v) is 12.4. The summed E-state index contributed by atoms with van der Waals surface area (Å²) in [6, 6.07) is 15.1. The highest BCUT2D eigenvalue weighted by Gasteiger charge is 2.18. The van der Waals surface area contributed by atoms with Crippen molar-refractivity contribution < 1.29 is 9.53 Å². The van der Waals surface area contributed by atoms with Gasteiger partial charge >= 0.3 is 0 Å². The zero-order valence-electron chi connectivity index (χ0n) is 12.4. The number of nitrogens with zero attached hydrogens (tertiary/aromatic N) is 3. The summed E-state index contributed by atoms with van der Waals surface area (Å²) in [5, 5.41) is 11.2. The second kappa shape index (κ2) is 5.85. The van der Waals surface area contributed by atoms with E-state index in [1.165, 1.54) is 6.92 Å².